The van der Waals surface area contributed by atoms with Gasteiger partial charge in [-0.2, -0.15) is 0 Å². The molecule has 1 aromatic heterocycles. The molecule has 0 radical (unpaired) electrons. The molecule has 2 unspecified atom stereocenters. The van der Waals surface area contributed by atoms with Crippen molar-refractivity contribution in [1.82, 2.24) is 10.3 Å². The van der Waals surface area contributed by atoms with Gasteiger partial charge < -0.3 is 15.0 Å². The molecule has 0 aliphatic carbocycles. The molecule has 2 heterocycles. The second-order valence-corrected chi connectivity index (χ2v) is 5.67. The highest BCUT2D eigenvalue weighted by Gasteiger charge is 2.26. The maximum absolute atomic E-state index is 5.60. The Morgan fingerprint density at radius 3 is 3.10 bits per heavy atom. The van der Waals surface area contributed by atoms with Crippen LogP contribution in [0.1, 0.15) is 32.4 Å². The van der Waals surface area contributed by atoms with Crippen LogP contribution in [0, 0.1) is 5.92 Å². The van der Waals surface area contributed by atoms with Crippen LogP contribution < -0.4 is 10.2 Å². The van der Waals surface area contributed by atoms with Crippen LogP contribution in [-0.2, 0) is 11.3 Å². The third-order valence-corrected chi connectivity index (χ3v) is 4.09. The monoisotopic (exact) mass is 277 g/mol. The molecule has 0 bridgehead atoms. The first kappa shape index (κ1) is 15.3. The van der Waals surface area contributed by atoms with Crippen molar-refractivity contribution >= 4 is 5.69 Å². The van der Waals surface area contributed by atoms with Gasteiger partial charge in [-0.05, 0) is 37.4 Å². The number of ether oxygens (including phenoxy) is 1. The first-order valence-corrected chi connectivity index (χ1v) is 7.68. The van der Waals surface area contributed by atoms with E-state index in [2.05, 4.69) is 41.2 Å². The zero-order valence-corrected chi connectivity index (χ0v) is 12.9. The standard InChI is InChI=1S/C16H27N3O/c1-4-7-17-11-14-10-15(5-8-18-14)19-9-6-13(2)16(12-19)20-3/h5,8,10,13,16-17H,4,6-7,9,11-12H2,1-3H3. The van der Waals surface area contributed by atoms with Crippen LogP contribution in [0.15, 0.2) is 18.3 Å². The van der Waals surface area contributed by atoms with Gasteiger partial charge >= 0.3 is 0 Å². The van der Waals surface area contributed by atoms with Gasteiger partial charge in [-0.1, -0.05) is 13.8 Å². The zero-order chi connectivity index (χ0) is 14.4. The molecule has 1 aromatic rings. The van der Waals surface area contributed by atoms with Crippen molar-refractivity contribution in [2.75, 3.05) is 31.6 Å². The van der Waals surface area contributed by atoms with Crippen LogP contribution in [0.5, 0.6) is 0 Å². The van der Waals surface area contributed by atoms with Crippen molar-refractivity contribution in [2.45, 2.75) is 39.3 Å². The fourth-order valence-corrected chi connectivity index (χ4v) is 2.73. The van der Waals surface area contributed by atoms with E-state index >= 15 is 0 Å². The van der Waals surface area contributed by atoms with E-state index in [1.165, 1.54) is 12.1 Å². The smallest absolute Gasteiger partial charge is 0.0772 e. The molecule has 1 saturated heterocycles. The summed E-state index contributed by atoms with van der Waals surface area (Å²) >= 11 is 0. The minimum Gasteiger partial charge on any atom is -0.379 e. The summed E-state index contributed by atoms with van der Waals surface area (Å²) in [6, 6.07) is 4.30. The predicted octanol–water partition coefficient (Wildman–Crippen LogP) is 2.44. The molecule has 4 nitrogen and oxygen atoms in total. The van der Waals surface area contributed by atoms with Gasteiger partial charge in [0, 0.05) is 38.6 Å². The van der Waals surface area contributed by atoms with Crippen molar-refractivity contribution in [3.8, 4) is 0 Å². The van der Waals surface area contributed by atoms with Crippen molar-refractivity contribution in [3.63, 3.8) is 0 Å². The Morgan fingerprint density at radius 1 is 1.50 bits per heavy atom. The van der Waals surface area contributed by atoms with Gasteiger partial charge in [0.05, 0.1) is 11.8 Å². The van der Waals surface area contributed by atoms with Gasteiger partial charge in [-0.3, -0.25) is 4.98 Å². The maximum atomic E-state index is 5.60. The molecule has 0 aromatic carbocycles. The summed E-state index contributed by atoms with van der Waals surface area (Å²) in [5.41, 5.74) is 2.38. The number of nitrogens with zero attached hydrogens (tertiary/aromatic N) is 2. The fraction of sp³-hybridized carbons (Fsp3) is 0.688. The Hall–Kier alpha value is -1.13. The second kappa shape index (κ2) is 7.60. The number of nitrogens with one attached hydrogen (secondary N) is 1. The van der Waals surface area contributed by atoms with Crippen LogP contribution in [0.3, 0.4) is 0 Å². The zero-order valence-electron chi connectivity index (χ0n) is 12.9. The van der Waals surface area contributed by atoms with Crippen LogP contribution in [0.4, 0.5) is 5.69 Å². The number of hydrogen-bond donors (Lipinski definition) is 1. The second-order valence-electron chi connectivity index (χ2n) is 5.67. The summed E-state index contributed by atoms with van der Waals surface area (Å²) in [6.45, 7) is 8.42. The largest absolute Gasteiger partial charge is 0.379 e. The average molecular weight is 277 g/mol. The SMILES string of the molecule is CCCNCc1cc(N2CCC(C)C(OC)C2)ccn1. The van der Waals surface area contributed by atoms with E-state index in [1.807, 2.05) is 13.3 Å². The predicted molar refractivity (Wildman–Crippen MR) is 83.0 cm³/mol. The molecule has 20 heavy (non-hydrogen) atoms. The summed E-state index contributed by atoms with van der Waals surface area (Å²) < 4.78 is 5.60. The quantitative estimate of drug-likeness (QED) is 0.811. The Morgan fingerprint density at radius 2 is 2.35 bits per heavy atom. The first-order chi connectivity index (χ1) is 9.74. The van der Waals surface area contributed by atoms with E-state index in [-0.39, 0.29) is 0 Å². The van der Waals surface area contributed by atoms with Crippen LogP contribution in [0.2, 0.25) is 0 Å². The van der Waals surface area contributed by atoms with Crippen molar-refractivity contribution < 1.29 is 4.74 Å². The first-order valence-electron chi connectivity index (χ1n) is 7.68. The number of piperidine rings is 1. The van der Waals surface area contributed by atoms with E-state index in [0.29, 0.717) is 12.0 Å². The van der Waals surface area contributed by atoms with E-state index in [9.17, 15) is 0 Å². The van der Waals surface area contributed by atoms with Crippen molar-refractivity contribution in [2.24, 2.45) is 5.92 Å². The molecule has 2 rings (SSSR count). The molecule has 0 saturated carbocycles. The highest BCUT2D eigenvalue weighted by molar-refractivity contribution is 5.47. The lowest BCUT2D eigenvalue weighted by atomic mass is 9.95. The molecule has 112 valence electrons. The molecule has 1 aliphatic rings. The van der Waals surface area contributed by atoms with Crippen molar-refractivity contribution in [3.05, 3.63) is 24.0 Å². The van der Waals surface area contributed by atoms with Crippen LogP contribution >= 0.6 is 0 Å². The maximum Gasteiger partial charge on any atom is 0.0772 e. The minimum absolute atomic E-state index is 0.332. The third-order valence-electron chi connectivity index (χ3n) is 4.09. The molecule has 1 N–H and O–H groups in total. The molecular formula is C16H27N3O. The lowest BCUT2D eigenvalue weighted by molar-refractivity contribution is 0.0498. The minimum atomic E-state index is 0.332. The Balaban J connectivity index is 1.99. The van der Waals surface area contributed by atoms with Gasteiger partial charge in [0.25, 0.3) is 0 Å². The van der Waals surface area contributed by atoms with E-state index < -0.39 is 0 Å². The average Bonchev–Trinajstić information content (AvgIpc) is 2.48. The summed E-state index contributed by atoms with van der Waals surface area (Å²) in [5, 5.41) is 3.40. The Bertz CT molecular complexity index is 410. The van der Waals surface area contributed by atoms with Crippen molar-refractivity contribution in [1.29, 1.82) is 0 Å². The third kappa shape index (κ3) is 3.93. The van der Waals surface area contributed by atoms with Gasteiger partial charge in [0.15, 0.2) is 0 Å². The Kier molecular flexibility index (Phi) is 5.80. The van der Waals surface area contributed by atoms with Gasteiger partial charge in [-0.15, -0.1) is 0 Å². The Labute approximate surface area is 122 Å². The van der Waals surface area contributed by atoms with Gasteiger partial charge in [-0.25, -0.2) is 0 Å². The summed E-state index contributed by atoms with van der Waals surface area (Å²) in [7, 11) is 1.82. The molecular weight excluding hydrogens is 250 g/mol. The molecule has 1 fully saturated rings. The highest BCUT2D eigenvalue weighted by Crippen LogP contribution is 2.24. The highest BCUT2D eigenvalue weighted by atomic mass is 16.5. The number of anilines is 1. The lowest BCUT2D eigenvalue weighted by Crippen LogP contribution is -2.44. The van der Waals surface area contributed by atoms with E-state index in [0.717, 1.165) is 38.3 Å². The summed E-state index contributed by atoms with van der Waals surface area (Å²) in [5.74, 6) is 0.642. The fourth-order valence-electron chi connectivity index (χ4n) is 2.73. The van der Waals surface area contributed by atoms with Gasteiger partial charge in [0.2, 0.25) is 0 Å². The number of aromatic nitrogens is 1. The van der Waals surface area contributed by atoms with E-state index in [4.69, 9.17) is 4.74 Å². The number of hydrogen-bond acceptors (Lipinski definition) is 4. The number of rotatable bonds is 6. The summed E-state index contributed by atoms with van der Waals surface area (Å²) in [6.07, 6.45) is 4.58. The van der Waals surface area contributed by atoms with Crippen LogP contribution in [0.25, 0.3) is 0 Å². The van der Waals surface area contributed by atoms with E-state index in [1.54, 1.807) is 0 Å². The molecule has 1 aliphatic heterocycles. The summed E-state index contributed by atoms with van der Waals surface area (Å²) in [4.78, 5) is 6.86. The number of pyridine rings is 1. The molecule has 0 spiro atoms. The van der Waals surface area contributed by atoms with Gasteiger partial charge in [0.1, 0.15) is 0 Å². The molecule has 0 amide bonds. The molecule has 4 heteroatoms. The lowest BCUT2D eigenvalue weighted by Gasteiger charge is -2.37. The molecule has 2 atom stereocenters. The number of methoxy groups -OCH3 is 1. The topological polar surface area (TPSA) is 37.4 Å². The normalized spacial score (nSPS) is 23.1. The van der Waals surface area contributed by atoms with Crippen LogP contribution in [-0.4, -0.2) is 37.8 Å².